The van der Waals surface area contributed by atoms with Crippen molar-refractivity contribution < 1.29 is 5.11 Å². The largest absolute Gasteiger partial charge is 0.396 e. The van der Waals surface area contributed by atoms with Crippen LogP contribution in [-0.2, 0) is 0 Å². The van der Waals surface area contributed by atoms with Gasteiger partial charge in [0.1, 0.15) is 0 Å². The summed E-state index contributed by atoms with van der Waals surface area (Å²) in [5.74, 6) is 0. The molecule has 102 valence electrons. The van der Waals surface area contributed by atoms with Crippen LogP contribution in [0.25, 0.3) is 0 Å². The van der Waals surface area contributed by atoms with E-state index in [9.17, 15) is 0 Å². The Morgan fingerprint density at radius 3 is 1.65 bits per heavy atom. The number of rotatable bonds is 13. The average Bonchev–Trinajstić information content (AvgIpc) is 2.35. The highest BCUT2D eigenvalue weighted by Crippen LogP contribution is 2.08. The molecule has 1 heteroatoms. The van der Waals surface area contributed by atoms with E-state index in [1.54, 1.807) is 0 Å². The van der Waals surface area contributed by atoms with Crippen LogP contribution in [0.1, 0.15) is 84.0 Å². The highest BCUT2D eigenvalue weighted by molar-refractivity contribution is 4.81. The molecule has 0 bridgehead atoms. The van der Waals surface area contributed by atoms with Gasteiger partial charge in [-0.2, -0.15) is 0 Å². The van der Waals surface area contributed by atoms with Crippen LogP contribution in [0.4, 0.5) is 0 Å². The van der Waals surface area contributed by atoms with E-state index < -0.39 is 0 Å². The first-order chi connectivity index (χ1) is 8.41. The Morgan fingerprint density at radius 2 is 1.12 bits per heavy atom. The van der Waals surface area contributed by atoms with E-state index in [4.69, 9.17) is 5.11 Å². The van der Waals surface area contributed by atoms with Gasteiger partial charge < -0.3 is 5.11 Å². The number of allylic oxidation sites excluding steroid dienone is 2. The third kappa shape index (κ3) is 15.7. The van der Waals surface area contributed by atoms with E-state index in [2.05, 4.69) is 19.1 Å². The van der Waals surface area contributed by atoms with Gasteiger partial charge in [-0.25, -0.2) is 0 Å². The molecule has 17 heavy (non-hydrogen) atoms. The van der Waals surface area contributed by atoms with Crippen molar-refractivity contribution in [3.05, 3.63) is 12.2 Å². The van der Waals surface area contributed by atoms with Crippen molar-refractivity contribution in [2.24, 2.45) is 0 Å². The molecule has 0 heterocycles. The number of hydrogen-bond acceptors (Lipinski definition) is 1. The molecule has 0 spiro atoms. The second-order valence-corrected chi connectivity index (χ2v) is 4.95. The Hall–Kier alpha value is -0.300. The standard InChI is InChI=1S/C16H32O/c1-2-3-4-5-6-7-8-9-10-11-12-13-14-15-16-17/h8-9,17H,2-7,10-16H2,1H3/b9-8+. The van der Waals surface area contributed by atoms with Gasteiger partial charge in [-0.1, -0.05) is 64.0 Å². The molecule has 0 atom stereocenters. The van der Waals surface area contributed by atoms with Crippen LogP contribution in [0.3, 0.4) is 0 Å². The predicted octanol–water partition coefficient (Wildman–Crippen LogP) is 5.24. The SMILES string of the molecule is CCCCCCC/C=C/CCCCCCCO. The van der Waals surface area contributed by atoms with E-state index in [0.717, 1.165) is 6.42 Å². The molecule has 0 saturated heterocycles. The summed E-state index contributed by atoms with van der Waals surface area (Å²) < 4.78 is 0. The van der Waals surface area contributed by atoms with E-state index in [0.29, 0.717) is 6.61 Å². The monoisotopic (exact) mass is 240 g/mol. The molecule has 0 radical (unpaired) electrons. The lowest BCUT2D eigenvalue weighted by molar-refractivity contribution is 0.282. The average molecular weight is 240 g/mol. The van der Waals surface area contributed by atoms with Crippen molar-refractivity contribution in [3.63, 3.8) is 0 Å². The van der Waals surface area contributed by atoms with Crippen LogP contribution < -0.4 is 0 Å². The van der Waals surface area contributed by atoms with E-state index in [1.807, 2.05) is 0 Å². The summed E-state index contributed by atoms with van der Waals surface area (Å²) in [7, 11) is 0. The van der Waals surface area contributed by atoms with Gasteiger partial charge >= 0.3 is 0 Å². The summed E-state index contributed by atoms with van der Waals surface area (Å²) in [6.45, 7) is 2.62. The molecule has 0 saturated carbocycles. The topological polar surface area (TPSA) is 20.2 Å². The molecule has 1 nitrogen and oxygen atoms in total. The first-order valence-electron chi connectivity index (χ1n) is 7.67. The third-order valence-corrected chi connectivity index (χ3v) is 3.17. The quantitative estimate of drug-likeness (QED) is 0.345. The van der Waals surface area contributed by atoms with Crippen molar-refractivity contribution in [2.45, 2.75) is 84.0 Å². The van der Waals surface area contributed by atoms with Crippen LogP contribution in [0.5, 0.6) is 0 Å². The normalized spacial score (nSPS) is 11.4. The molecule has 0 aliphatic carbocycles. The Bertz CT molecular complexity index is 152. The van der Waals surface area contributed by atoms with Gasteiger partial charge in [0.2, 0.25) is 0 Å². The van der Waals surface area contributed by atoms with Gasteiger partial charge in [0.15, 0.2) is 0 Å². The van der Waals surface area contributed by atoms with Crippen molar-refractivity contribution in [2.75, 3.05) is 6.61 Å². The Balaban J connectivity index is 2.99. The predicted molar refractivity (Wildman–Crippen MR) is 77.3 cm³/mol. The smallest absolute Gasteiger partial charge is 0.0431 e. The van der Waals surface area contributed by atoms with Crippen LogP contribution in [-0.4, -0.2) is 11.7 Å². The van der Waals surface area contributed by atoms with Gasteiger partial charge in [-0.15, -0.1) is 0 Å². The number of aliphatic hydroxyl groups is 1. The zero-order valence-corrected chi connectivity index (χ0v) is 11.8. The van der Waals surface area contributed by atoms with Gasteiger partial charge in [-0.05, 0) is 32.1 Å². The number of hydrogen-bond donors (Lipinski definition) is 1. The molecule has 0 aromatic heterocycles. The van der Waals surface area contributed by atoms with Crippen molar-refractivity contribution in [1.29, 1.82) is 0 Å². The lowest BCUT2D eigenvalue weighted by Gasteiger charge is -1.98. The van der Waals surface area contributed by atoms with Crippen molar-refractivity contribution in [3.8, 4) is 0 Å². The first-order valence-corrected chi connectivity index (χ1v) is 7.67. The fraction of sp³-hybridized carbons (Fsp3) is 0.875. The summed E-state index contributed by atoms with van der Waals surface area (Å²) in [6.07, 6.45) is 20.2. The lowest BCUT2D eigenvalue weighted by atomic mass is 10.1. The number of aliphatic hydroxyl groups excluding tert-OH is 1. The summed E-state index contributed by atoms with van der Waals surface area (Å²) in [5, 5.41) is 8.63. The molecule has 0 aliphatic heterocycles. The highest BCUT2D eigenvalue weighted by Gasteiger charge is 1.89. The Kier molecular flexibility index (Phi) is 15.4. The van der Waals surface area contributed by atoms with E-state index in [1.165, 1.54) is 70.6 Å². The summed E-state index contributed by atoms with van der Waals surface area (Å²) in [6, 6.07) is 0. The maximum Gasteiger partial charge on any atom is 0.0431 e. The van der Waals surface area contributed by atoms with Crippen molar-refractivity contribution >= 4 is 0 Å². The molecule has 1 N–H and O–H groups in total. The molecule has 0 aromatic rings. The fourth-order valence-corrected chi connectivity index (χ4v) is 2.01. The molecule has 0 unspecified atom stereocenters. The molecule has 0 aromatic carbocycles. The minimum absolute atomic E-state index is 0.359. The van der Waals surface area contributed by atoms with Crippen LogP contribution in [0, 0.1) is 0 Å². The lowest BCUT2D eigenvalue weighted by Crippen LogP contribution is -1.83. The molecular weight excluding hydrogens is 208 g/mol. The molecule has 0 aliphatic rings. The third-order valence-electron chi connectivity index (χ3n) is 3.17. The van der Waals surface area contributed by atoms with E-state index >= 15 is 0 Å². The number of unbranched alkanes of at least 4 members (excludes halogenated alkanes) is 10. The second-order valence-electron chi connectivity index (χ2n) is 4.95. The van der Waals surface area contributed by atoms with Gasteiger partial charge in [0.05, 0.1) is 0 Å². The van der Waals surface area contributed by atoms with Crippen molar-refractivity contribution in [1.82, 2.24) is 0 Å². The Morgan fingerprint density at radius 1 is 0.647 bits per heavy atom. The molecule has 0 amide bonds. The van der Waals surface area contributed by atoms with Crippen LogP contribution in [0.2, 0.25) is 0 Å². The Labute approximate surface area is 108 Å². The summed E-state index contributed by atoms with van der Waals surface area (Å²) >= 11 is 0. The maximum absolute atomic E-state index is 8.63. The maximum atomic E-state index is 8.63. The molecular formula is C16H32O. The van der Waals surface area contributed by atoms with Crippen LogP contribution >= 0.6 is 0 Å². The highest BCUT2D eigenvalue weighted by atomic mass is 16.2. The first kappa shape index (κ1) is 16.7. The van der Waals surface area contributed by atoms with E-state index in [-0.39, 0.29) is 0 Å². The zero-order chi connectivity index (χ0) is 12.6. The van der Waals surface area contributed by atoms with Gasteiger partial charge in [-0.3, -0.25) is 0 Å². The minimum Gasteiger partial charge on any atom is -0.396 e. The summed E-state index contributed by atoms with van der Waals surface area (Å²) in [5.41, 5.74) is 0. The molecule has 0 fully saturated rings. The zero-order valence-electron chi connectivity index (χ0n) is 11.8. The van der Waals surface area contributed by atoms with Crippen LogP contribution in [0.15, 0.2) is 12.2 Å². The molecule has 0 rings (SSSR count). The fourth-order valence-electron chi connectivity index (χ4n) is 2.01. The minimum atomic E-state index is 0.359. The summed E-state index contributed by atoms with van der Waals surface area (Å²) in [4.78, 5) is 0. The van der Waals surface area contributed by atoms with Gasteiger partial charge in [0.25, 0.3) is 0 Å². The second kappa shape index (κ2) is 15.7. The van der Waals surface area contributed by atoms with Gasteiger partial charge in [0, 0.05) is 6.61 Å².